The first-order valence-corrected chi connectivity index (χ1v) is 11.9. The molecule has 0 radical (unpaired) electrons. The third kappa shape index (κ3) is 3.99. The fourth-order valence-corrected chi connectivity index (χ4v) is 5.13. The summed E-state index contributed by atoms with van der Waals surface area (Å²) in [7, 11) is 0. The van der Waals surface area contributed by atoms with Gasteiger partial charge in [-0.15, -0.1) is 0 Å². The highest BCUT2D eigenvalue weighted by Crippen LogP contribution is 2.38. The first-order chi connectivity index (χ1) is 16.2. The minimum Gasteiger partial charge on any atom is -0.618 e. The molecular weight excluding hydrogens is 416 g/mol. The van der Waals surface area contributed by atoms with E-state index < -0.39 is 0 Å². The summed E-state index contributed by atoms with van der Waals surface area (Å²) in [6.07, 6.45) is -0.270. The molecule has 0 saturated carbocycles. The second-order valence-electron chi connectivity index (χ2n) is 9.28. The number of nitrogens with zero attached hydrogens (tertiary/aromatic N) is 6. The zero-order valence-corrected chi connectivity index (χ0v) is 18.8. The fourth-order valence-electron chi connectivity index (χ4n) is 5.13. The average molecular weight is 447 g/mol. The van der Waals surface area contributed by atoms with Crippen LogP contribution in [0.15, 0.2) is 53.5 Å². The van der Waals surface area contributed by atoms with Crippen molar-refractivity contribution in [3.8, 4) is 0 Å². The van der Waals surface area contributed by atoms with E-state index >= 15 is 0 Å². The Morgan fingerprint density at radius 3 is 2.30 bits per heavy atom. The van der Waals surface area contributed by atoms with Crippen LogP contribution in [0.1, 0.15) is 5.56 Å². The van der Waals surface area contributed by atoms with Crippen LogP contribution in [0.3, 0.4) is 0 Å². The number of amidine groups is 1. The van der Waals surface area contributed by atoms with Gasteiger partial charge in [0.2, 0.25) is 11.5 Å². The molecule has 0 aliphatic carbocycles. The molecule has 0 amide bonds. The molecule has 1 unspecified atom stereocenters. The van der Waals surface area contributed by atoms with Gasteiger partial charge in [-0.1, -0.05) is 18.2 Å². The maximum absolute atomic E-state index is 13.4. The quantitative estimate of drug-likeness (QED) is 0.410. The van der Waals surface area contributed by atoms with Crippen molar-refractivity contribution in [3.05, 3.63) is 59.3 Å². The summed E-state index contributed by atoms with van der Waals surface area (Å²) < 4.78 is 1.05. The van der Waals surface area contributed by atoms with E-state index in [1.165, 1.54) is 0 Å². The molecule has 2 saturated heterocycles. The molecule has 0 spiro atoms. The summed E-state index contributed by atoms with van der Waals surface area (Å²) in [6.45, 7) is 8.96. The summed E-state index contributed by atoms with van der Waals surface area (Å²) in [5.41, 5.74) is 4.28. The van der Waals surface area contributed by atoms with Gasteiger partial charge in [-0.25, -0.2) is 0 Å². The highest BCUT2D eigenvalue weighted by molar-refractivity contribution is 6.51. The minimum absolute atomic E-state index is 0.270. The van der Waals surface area contributed by atoms with Gasteiger partial charge in [0.1, 0.15) is 5.69 Å². The van der Waals surface area contributed by atoms with E-state index in [1.807, 2.05) is 36.4 Å². The number of anilines is 2. The Labute approximate surface area is 194 Å². The molecule has 2 aromatic rings. The van der Waals surface area contributed by atoms with Crippen LogP contribution in [0.5, 0.6) is 0 Å². The summed E-state index contributed by atoms with van der Waals surface area (Å²) in [5.74, 6) is 0.769. The van der Waals surface area contributed by atoms with Gasteiger partial charge in [0.05, 0.1) is 18.2 Å². The van der Waals surface area contributed by atoms with E-state index in [2.05, 4.69) is 36.7 Å². The molecule has 4 heterocycles. The SMILES string of the molecule is [O-][N+]1=C(c2ccccc2)C2=NCCN2c2cc(N3CCN(CC(O)CN4CC4)CC3)ccc21. The number of β-amino-alcohol motifs (C(OH)–C–C–N with tert-alkyl or cyclic N) is 1. The summed E-state index contributed by atoms with van der Waals surface area (Å²) in [4.78, 5) is 13.9. The third-order valence-corrected chi connectivity index (χ3v) is 6.99. The fraction of sp³-hybridized carbons (Fsp3) is 0.440. The van der Waals surface area contributed by atoms with Gasteiger partial charge >= 0.3 is 0 Å². The predicted octanol–water partition coefficient (Wildman–Crippen LogP) is 1.35. The average Bonchev–Trinajstić information content (AvgIpc) is 3.52. The van der Waals surface area contributed by atoms with Crippen molar-refractivity contribution < 1.29 is 9.85 Å². The van der Waals surface area contributed by atoms with Crippen molar-refractivity contribution >= 4 is 28.6 Å². The number of aliphatic hydroxyl groups is 1. The van der Waals surface area contributed by atoms with E-state index in [9.17, 15) is 10.3 Å². The number of hydrogen-bond donors (Lipinski definition) is 1. The third-order valence-electron chi connectivity index (χ3n) is 6.99. The largest absolute Gasteiger partial charge is 0.618 e. The van der Waals surface area contributed by atoms with E-state index in [4.69, 9.17) is 0 Å². The second-order valence-corrected chi connectivity index (χ2v) is 9.28. The topological polar surface area (TPSA) is 71.4 Å². The molecule has 4 aliphatic heterocycles. The monoisotopic (exact) mass is 446 g/mol. The van der Waals surface area contributed by atoms with Crippen LogP contribution in [0.2, 0.25) is 0 Å². The van der Waals surface area contributed by atoms with Gasteiger partial charge in [-0.3, -0.25) is 14.8 Å². The molecule has 8 nitrogen and oxygen atoms in total. The van der Waals surface area contributed by atoms with E-state index in [-0.39, 0.29) is 6.10 Å². The van der Waals surface area contributed by atoms with Crippen LogP contribution in [0.4, 0.5) is 17.1 Å². The first kappa shape index (κ1) is 20.7. The second kappa shape index (κ2) is 8.44. The summed E-state index contributed by atoms with van der Waals surface area (Å²) in [6, 6.07) is 16.0. The molecular formula is C25H30N6O2. The summed E-state index contributed by atoms with van der Waals surface area (Å²) in [5, 5.41) is 23.7. The van der Waals surface area contributed by atoms with Crippen molar-refractivity contribution in [2.45, 2.75) is 6.10 Å². The molecule has 2 aromatic carbocycles. The standard InChI is InChI=1S/C25H30N6O2/c32-21(17-27-10-11-27)18-28-12-14-29(15-13-28)20-6-7-22-23(16-20)30-9-8-26-25(30)24(31(22)33)19-4-2-1-3-5-19/h1-7,16,21,32H,8-15,17-18H2. The van der Waals surface area contributed by atoms with Gasteiger partial charge in [-0.2, -0.15) is 4.74 Å². The summed E-state index contributed by atoms with van der Waals surface area (Å²) >= 11 is 0. The number of aliphatic hydroxyl groups excluding tert-OH is 1. The van der Waals surface area contributed by atoms with E-state index in [0.29, 0.717) is 17.9 Å². The van der Waals surface area contributed by atoms with Crippen LogP contribution in [0.25, 0.3) is 0 Å². The molecule has 6 rings (SSSR count). The molecule has 33 heavy (non-hydrogen) atoms. The number of piperazine rings is 1. The van der Waals surface area contributed by atoms with Gasteiger partial charge < -0.3 is 20.1 Å². The number of hydrogen-bond acceptors (Lipinski definition) is 7. The van der Waals surface area contributed by atoms with Gasteiger partial charge in [0.25, 0.3) is 5.71 Å². The molecule has 4 aliphatic rings. The van der Waals surface area contributed by atoms with Crippen LogP contribution in [-0.4, -0.2) is 103 Å². The molecule has 2 fully saturated rings. The van der Waals surface area contributed by atoms with Crippen LogP contribution in [-0.2, 0) is 0 Å². The van der Waals surface area contributed by atoms with Crippen LogP contribution in [0, 0.1) is 5.21 Å². The minimum atomic E-state index is -0.270. The normalized spacial score (nSPS) is 21.7. The van der Waals surface area contributed by atoms with Crippen molar-refractivity contribution in [3.63, 3.8) is 0 Å². The molecule has 1 N–H and O–H groups in total. The highest BCUT2D eigenvalue weighted by Gasteiger charge is 2.38. The Kier molecular flexibility index (Phi) is 5.28. The van der Waals surface area contributed by atoms with Gasteiger partial charge in [-0.05, 0) is 24.3 Å². The van der Waals surface area contributed by atoms with E-state index in [0.717, 1.165) is 86.4 Å². The van der Waals surface area contributed by atoms with E-state index in [1.54, 1.807) is 0 Å². The Bertz CT molecular complexity index is 1090. The van der Waals surface area contributed by atoms with Crippen molar-refractivity contribution in [1.29, 1.82) is 0 Å². The van der Waals surface area contributed by atoms with Crippen molar-refractivity contribution in [2.75, 3.05) is 75.2 Å². The lowest BCUT2D eigenvalue weighted by molar-refractivity contribution is -0.358. The Morgan fingerprint density at radius 1 is 0.909 bits per heavy atom. The maximum Gasteiger partial charge on any atom is 0.267 e. The number of fused-ring (bicyclic) bond motifs is 3. The van der Waals surface area contributed by atoms with Gasteiger partial charge in [0, 0.05) is 70.7 Å². The number of rotatable bonds is 6. The smallest absolute Gasteiger partial charge is 0.267 e. The Balaban J connectivity index is 1.21. The predicted molar refractivity (Wildman–Crippen MR) is 131 cm³/mol. The molecule has 172 valence electrons. The molecule has 0 bridgehead atoms. The molecule has 8 heteroatoms. The van der Waals surface area contributed by atoms with Crippen molar-refractivity contribution in [1.82, 2.24) is 9.80 Å². The maximum atomic E-state index is 13.4. The molecule has 0 aromatic heterocycles. The highest BCUT2D eigenvalue weighted by atomic mass is 16.5. The Hall–Kier alpha value is -2.94. The lowest BCUT2D eigenvalue weighted by Crippen LogP contribution is -2.49. The zero-order valence-electron chi connectivity index (χ0n) is 18.8. The van der Waals surface area contributed by atoms with Crippen molar-refractivity contribution in [2.24, 2.45) is 4.99 Å². The van der Waals surface area contributed by atoms with Gasteiger partial charge in [0.15, 0.2) is 0 Å². The molecule has 1 atom stereocenters. The number of benzene rings is 2. The van der Waals surface area contributed by atoms with Crippen LogP contribution < -0.4 is 9.80 Å². The first-order valence-electron chi connectivity index (χ1n) is 11.9. The number of aliphatic imine (C=N–C) groups is 1. The Morgan fingerprint density at radius 2 is 1.61 bits per heavy atom. The lowest BCUT2D eigenvalue weighted by atomic mass is 10.0. The van der Waals surface area contributed by atoms with Crippen LogP contribution >= 0.6 is 0 Å². The zero-order chi connectivity index (χ0) is 22.4. The lowest BCUT2D eigenvalue weighted by Gasteiger charge is -2.37.